The number of hydrogen-bond donors (Lipinski definition) is 2. The van der Waals surface area contributed by atoms with Crippen LogP contribution in [0, 0.1) is 0 Å². The van der Waals surface area contributed by atoms with Crippen LogP contribution in [0.15, 0.2) is 47.7 Å². The van der Waals surface area contributed by atoms with Crippen molar-refractivity contribution in [1.29, 1.82) is 0 Å². The van der Waals surface area contributed by atoms with Crippen LogP contribution in [0.1, 0.15) is 12.5 Å². The highest BCUT2D eigenvalue weighted by atomic mass is 16.5. The van der Waals surface area contributed by atoms with Crippen LogP contribution < -0.4 is 10.6 Å². The molecular formula is C16H23N5O. The number of benzene rings is 1. The molecule has 6 heteroatoms. The second-order valence-electron chi connectivity index (χ2n) is 4.67. The van der Waals surface area contributed by atoms with Gasteiger partial charge in [-0.15, -0.1) is 0 Å². The summed E-state index contributed by atoms with van der Waals surface area (Å²) in [5.74, 6) is 0.768. The molecule has 2 rings (SSSR count). The predicted molar refractivity (Wildman–Crippen MR) is 88.3 cm³/mol. The molecule has 1 aromatic heterocycles. The average Bonchev–Trinajstić information content (AvgIpc) is 3.09. The maximum absolute atomic E-state index is 5.29. The summed E-state index contributed by atoms with van der Waals surface area (Å²) in [5.41, 5.74) is 2.21. The second-order valence-corrected chi connectivity index (χ2v) is 4.67. The van der Waals surface area contributed by atoms with Crippen LogP contribution in [0.4, 0.5) is 0 Å². The Bertz CT molecular complexity index is 580. The first-order valence-corrected chi connectivity index (χ1v) is 7.44. The van der Waals surface area contributed by atoms with Crippen LogP contribution in [0.25, 0.3) is 5.69 Å². The monoisotopic (exact) mass is 301 g/mol. The third kappa shape index (κ3) is 4.89. The van der Waals surface area contributed by atoms with E-state index in [0.717, 1.165) is 24.8 Å². The van der Waals surface area contributed by atoms with Gasteiger partial charge in [-0.25, -0.2) is 4.68 Å². The molecule has 2 aromatic rings. The van der Waals surface area contributed by atoms with E-state index in [1.807, 2.05) is 36.0 Å². The topological polar surface area (TPSA) is 63.5 Å². The Labute approximate surface area is 131 Å². The zero-order chi connectivity index (χ0) is 15.6. The van der Waals surface area contributed by atoms with E-state index in [1.54, 1.807) is 13.2 Å². The molecule has 0 bridgehead atoms. The van der Waals surface area contributed by atoms with Crippen LogP contribution in [0.2, 0.25) is 0 Å². The van der Waals surface area contributed by atoms with E-state index >= 15 is 0 Å². The summed E-state index contributed by atoms with van der Waals surface area (Å²) in [6, 6.07) is 10.2. The van der Waals surface area contributed by atoms with Crippen LogP contribution >= 0.6 is 0 Å². The first-order chi connectivity index (χ1) is 10.8. The van der Waals surface area contributed by atoms with E-state index in [0.29, 0.717) is 13.2 Å². The molecule has 0 aliphatic rings. The Balaban J connectivity index is 1.86. The molecule has 0 saturated heterocycles. The molecule has 1 heterocycles. The van der Waals surface area contributed by atoms with Gasteiger partial charge < -0.3 is 15.4 Å². The standard InChI is InChI=1S/C16H23N5O/c1-3-22-11-9-18-16(17-2)19-13-14-6-4-7-15(12-14)21-10-5-8-20-21/h4-8,10,12H,3,9,11,13H2,1-2H3,(H2,17,18,19). The normalized spacial score (nSPS) is 11.5. The molecule has 0 saturated carbocycles. The summed E-state index contributed by atoms with van der Waals surface area (Å²) in [7, 11) is 1.76. The lowest BCUT2D eigenvalue weighted by molar-refractivity contribution is 0.152. The lowest BCUT2D eigenvalue weighted by atomic mass is 10.2. The summed E-state index contributed by atoms with van der Waals surface area (Å²) in [5, 5.41) is 10.7. The molecule has 0 spiro atoms. The van der Waals surface area contributed by atoms with Gasteiger partial charge in [0.25, 0.3) is 0 Å². The van der Waals surface area contributed by atoms with Crippen molar-refractivity contribution >= 4 is 5.96 Å². The van der Waals surface area contributed by atoms with E-state index in [2.05, 4.69) is 32.9 Å². The number of nitrogens with one attached hydrogen (secondary N) is 2. The molecule has 0 unspecified atom stereocenters. The molecule has 0 atom stereocenters. The minimum absolute atomic E-state index is 0.673. The second kappa shape index (κ2) is 8.84. The van der Waals surface area contributed by atoms with Gasteiger partial charge in [0.2, 0.25) is 0 Å². The first-order valence-electron chi connectivity index (χ1n) is 7.44. The number of ether oxygens (including phenoxy) is 1. The Hall–Kier alpha value is -2.34. The Morgan fingerprint density at radius 3 is 2.95 bits per heavy atom. The Kier molecular flexibility index (Phi) is 6.44. The van der Waals surface area contributed by atoms with Crippen molar-refractivity contribution in [2.45, 2.75) is 13.5 Å². The number of rotatable bonds is 7. The van der Waals surface area contributed by atoms with Gasteiger partial charge in [0.05, 0.1) is 12.3 Å². The highest BCUT2D eigenvalue weighted by molar-refractivity contribution is 5.79. The largest absolute Gasteiger partial charge is 0.380 e. The number of aromatic nitrogens is 2. The van der Waals surface area contributed by atoms with Crippen molar-refractivity contribution in [3.8, 4) is 5.69 Å². The first kappa shape index (κ1) is 16.0. The van der Waals surface area contributed by atoms with Gasteiger partial charge in [-0.05, 0) is 30.7 Å². The minimum Gasteiger partial charge on any atom is -0.380 e. The quantitative estimate of drug-likeness (QED) is 0.463. The molecule has 2 N–H and O–H groups in total. The zero-order valence-electron chi connectivity index (χ0n) is 13.1. The van der Waals surface area contributed by atoms with Crippen molar-refractivity contribution in [3.63, 3.8) is 0 Å². The smallest absolute Gasteiger partial charge is 0.191 e. The van der Waals surface area contributed by atoms with Crippen molar-refractivity contribution in [2.75, 3.05) is 26.8 Å². The maximum Gasteiger partial charge on any atom is 0.191 e. The van der Waals surface area contributed by atoms with Crippen molar-refractivity contribution in [3.05, 3.63) is 48.3 Å². The van der Waals surface area contributed by atoms with Crippen LogP contribution in [-0.2, 0) is 11.3 Å². The SMILES string of the molecule is CCOCCNC(=NC)NCc1cccc(-n2cccn2)c1. The highest BCUT2D eigenvalue weighted by Gasteiger charge is 2.01. The molecule has 0 aliphatic heterocycles. The van der Waals surface area contributed by atoms with E-state index in [4.69, 9.17) is 4.74 Å². The summed E-state index contributed by atoms with van der Waals surface area (Å²) < 4.78 is 7.14. The number of hydrogen-bond acceptors (Lipinski definition) is 3. The van der Waals surface area contributed by atoms with Gasteiger partial charge in [0, 0.05) is 39.1 Å². The molecule has 0 fully saturated rings. The van der Waals surface area contributed by atoms with Gasteiger partial charge in [-0.3, -0.25) is 4.99 Å². The maximum atomic E-state index is 5.29. The third-order valence-corrected chi connectivity index (χ3v) is 3.11. The lowest BCUT2D eigenvalue weighted by Crippen LogP contribution is -2.38. The molecule has 118 valence electrons. The molecule has 1 aromatic carbocycles. The third-order valence-electron chi connectivity index (χ3n) is 3.11. The fourth-order valence-electron chi connectivity index (χ4n) is 2.02. The zero-order valence-corrected chi connectivity index (χ0v) is 13.1. The Morgan fingerprint density at radius 2 is 2.23 bits per heavy atom. The molecule has 22 heavy (non-hydrogen) atoms. The van der Waals surface area contributed by atoms with Crippen molar-refractivity contribution in [2.24, 2.45) is 4.99 Å². The molecule has 0 radical (unpaired) electrons. The average molecular weight is 301 g/mol. The van der Waals surface area contributed by atoms with Gasteiger partial charge in [0.15, 0.2) is 5.96 Å². The summed E-state index contributed by atoms with van der Waals surface area (Å²) in [4.78, 5) is 4.19. The number of aliphatic imine (C=N–C) groups is 1. The van der Waals surface area contributed by atoms with Crippen LogP contribution in [0.5, 0.6) is 0 Å². The van der Waals surface area contributed by atoms with Crippen molar-refractivity contribution in [1.82, 2.24) is 20.4 Å². The van der Waals surface area contributed by atoms with Crippen molar-refractivity contribution < 1.29 is 4.74 Å². The van der Waals surface area contributed by atoms with E-state index in [-0.39, 0.29) is 0 Å². The van der Waals surface area contributed by atoms with E-state index < -0.39 is 0 Å². The van der Waals surface area contributed by atoms with E-state index in [1.165, 1.54) is 5.56 Å². The summed E-state index contributed by atoms with van der Waals surface area (Å²) in [6.07, 6.45) is 3.70. The molecule has 6 nitrogen and oxygen atoms in total. The minimum atomic E-state index is 0.673. The van der Waals surface area contributed by atoms with Crippen LogP contribution in [-0.4, -0.2) is 42.5 Å². The number of guanidine groups is 1. The fraction of sp³-hybridized carbons (Fsp3) is 0.375. The van der Waals surface area contributed by atoms with E-state index in [9.17, 15) is 0 Å². The highest BCUT2D eigenvalue weighted by Crippen LogP contribution is 2.09. The molecule has 0 aliphatic carbocycles. The fourth-order valence-corrected chi connectivity index (χ4v) is 2.02. The molecular weight excluding hydrogens is 278 g/mol. The Morgan fingerprint density at radius 1 is 1.32 bits per heavy atom. The molecule has 0 amide bonds. The van der Waals surface area contributed by atoms with Gasteiger partial charge in [0.1, 0.15) is 0 Å². The van der Waals surface area contributed by atoms with Gasteiger partial charge >= 0.3 is 0 Å². The summed E-state index contributed by atoms with van der Waals surface area (Å²) >= 11 is 0. The summed E-state index contributed by atoms with van der Waals surface area (Å²) in [6.45, 7) is 4.82. The predicted octanol–water partition coefficient (Wildman–Crippen LogP) is 1.57. The van der Waals surface area contributed by atoms with Crippen LogP contribution in [0.3, 0.4) is 0 Å². The van der Waals surface area contributed by atoms with Gasteiger partial charge in [-0.1, -0.05) is 12.1 Å². The lowest BCUT2D eigenvalue weighted by Gasteiger charge is -2.12. The van der Waals surface area contributed by atoms with Gasteiger partial charge in [-0.2, -0.15) is 5.10 Å². The number of nitrogens with zero attached hydrogens (tertiary/aromatic N) is 3.